The molecule has 0 aliphatic carbocycles. The highest BCUT2D eigenvalue weighted by molar-refractivity contribution is 7.99. The quantitative estimate of drug-likeness (QED) is 0.375. The van der Waals surface area contributed by atoms with Gasteiger partial charge in [0, 0.05) is 18.4 Å². The normalized spacial score (nSPS) is 11.0. The maximum Gasteiger partial charge on any atom is 0.256 e. The molecule has 5 nitrogen and oxygen atoms in total. The van der Waals surface area contributed by atoms with Crippen LogP contribution in [0.25, 0.3) is 11.1 Å². The standard InChI is InChI=1S/C20H23N3O2S2/c1-14-11-12-21-19(26-2)18(14)23-17(24)10-4-3-7-13-27-20-22-15-8-5-6-9-16(15)25-20/h5-6,8-9,11-12H,3-4,7,10,13H2,1-2H3,(H,23,24). The van der Waals surface area contributed by atoms with Crippen molar-refractivity contribution < 1.29 is 9.21 Å². The Kier molecular flexibility index (Phi) is 7.18. The predicted molar refractivity (Wildman–Crippen MR) is 113 cm³/mol. The first kappa shape index (κ1) is 19.8. The van der Waals surface area contributed by atoms with Gasteiger partial charge in [0.2, 0.25) is 5.91 Å². The monoisotopic (exact) mass is 401 g/mol. The molecule has 0 radical (unpaired) electrons. The summed E-state index contributed by atoms with van der Waals surface area (Å²) in [4.78, 5) is 21.0. The molecular weight excluding hydrogens is 378 g/mol. The first-order chi connectivity index (χ1) is 13.2. The first-order valence-corrected chi connectivity index (χ1v) is 11.2. The van der Waals surface area contributed by atoms with Crippen LogP contribution in [0.2, 0.25) is 0 Å². The third-order valence-electron chi connectivity index (χ3n) is 4.13. The number of thioether (sulfide) groups is 2. The average Bonchev–Trinajstić information content (AvgIpc) is 3.09. The van der Waals surface area contributed by atoms with Gasteiger partial charge in [-0.15, -0.1) is 11.8 Å². The molecule has 0 aliphatic heterocycles. The number of fused-ring (bicyclic) bond motifs is 1. The zero-order valence-electron chi connectivity index (χ0n) is 15.5. The Morgan fingerprint density at radius 2 is 2.04 bits per heavy atom. The second-order valence-corrected chi connectivity index (χ2v) is 8.01. The van der Waals surface area contributed by atoms with Crippen LogP contribution in [0.1, 0.15) is 31.2 Å². The number of anilines is 1. The fraction of sp³-hybridized carbons (Fsp3) is 0.350. The SMILES string of the molecule is CSc1nccc(C)c1NC(=O)CCCCCSc1nc2ccccc2o1. The van der Waals surface area contributed by atoms with Crippen LogP contribution in [0.15, 0.2) is 51.2 Å². The number of hydrogen-bond donors (Lipinski definition) is 1. The van der Waals surface area contributed by atoms with E-state index >= 15 is 0 Å². The van der Waals surface area contributed by atoms with Crippen LogP contribution in [0, 0.1) is 6.92 Å². The summed E-state index contributed by atoms with van der Waals surface area (Å²) in [6, 6.07) is 9.70. The highest BCUT2D eigenvalue weighted by atomic mass is 32.2. The van der Waals surface area contributed by atoms with E-state index in [2.05, 4.69) is 15.3 Å². The summed E-state index contributed by atoms with van der Waals surface area (Å²) in [5, 5.41) is 4.58. The van der Waals surface area contributed by atoms with Crippen molar-refractivity contribution in [3.8, 4) is 0 Å². The first-order valence-electron chi connectivity index (χ1n) is 8.95. The zero-order valence-corrected chi connectivity index (χ0v) is 17.2. The van der Waals surface area contributed by atoms with Gasteiger partial charge in [-0.3, -0.25) is 4.79 Å². The van der Waals surface area contributed by atoms with Crippen molar-refractivity contribution in [1.29, 1.82) is 0 Å². The predicted octanol–water partition coefficient (Wildman–Crippen LogP) is 5.54. The van der Waals surface area contributed by atoms with Crippen LogP contribution in [0.3, 0.4) is 0 Å². The van der Waals surface area contributed by atoms with Crippen molar-refractivity contribution in [2.24, 2.45) is 0 Å². The number of aromatic nitrogens is 2. The zero-order chi connectivity index (χ0) is 19.1. The Morgan fingerprint density at radius 1 is 1.19 bits per heavy atom. The van der Waals surface area contributed by atoms with Gasteiger partial charge < -0.3 is 9.73 Å². The molecule has 0 bridgehead atoms. The molecule has 2 aromatic heterocycles. The Balaban J connectivity index is 1.36. The lowest BCUT2D eigenvalue weighted by Gasteiger charge is -2.11. The van der Waals surface area contributed by atoms with Gasteiger partial charge in [0.25, 0.3) is 5.22 Å². The van der Waals surface area contributed by atoms with Crippen LogP contribution < -0.4 is 5.32 Å². The minimum Gasteiger partial charge on any atom is -0.431 e. The van der Waals surface area contributed by atoms with E-state index in [1.165, 1.54) is 0 Å². The highest BCUT2D eigenvalue weighted by Crippen LogP contribution is 2.26. The Morgan fingerprint density at radius 3 is 2.85 bits per heavy atom. The van der Waals surface area contributed by atoms with E-state index in [1.807, 2.05) is 43.5 Å². The lowest BCUT2D eigenvalue weighted by molar-refractivity contribution is -0.116. The number of nitrogens with one attached hydrogen (secondary N) is 1. The molecule has 1 aromatic carbocycles. The maximum absolute atomic E-state index is 12.2. The lowest BCUT2D eigenvalue weighted by Crippen LogP contribution is -2.13. The molecule has 0 unspecified atom stereocenters. The molecule has 0 fully saturated rings. The fourth-order valence-corrected chi connectivity index (χ4v) is 4.10. The number of benzene rings is 1. The van der Waals surface area contributed by atoms with E-state index in [1.54, 1.807) is 29.7 Å². The molecule has 0 saturated carbocycles. The topological polar surface area (TPSA) is 68.0 Å². The molecule has 2 heterocycles. The third kappa shape index (κ3) is 5.49. The van der Waals surface area contributed by atoms with E-state index in [0.717, 1.165) is 52.4 Å². The van der Waals surface area contributed by atoms with Gasteiger partial charge in [0.05, 0.1) is 5.69 Å². The van der Waals surface area contributed by atoms with Crippen molar-refractivity contribution in [2.75, 3.05) is 17.3 Å². The summed E-state index contributed by atoms with van der Waals surface area (Å²) in [5.74, 6) is 0.986. The van der Waals surface area contributed by atoms with Gasteiger partial charge in [0.1, 0.15) is 10.5 Å². The molecule has 3 aromatic rings. The van der Waals surface area contributed by atoms with Crippen LogP contribution >= 0.6 is 23.5 Å². The van der Waals surface area contributed by atoms with Crippen molar-refractivity contribution in [3.63, 3.8) is 0 Å². The Hall–Kier alpha value is -1.99. The highest BCUT2D eigenvalue weighted by Gasteiger charge is 2.10. The molecule has 27 heavy (non-hydrogen) atoms. The third-order valence-corrected chi connectivity index (χ3v) is 5.74. The smallest absolute Gasteiger partial charge is 0.256 e. The number of amides is 1. The average molecular weight is 402 g/mol. The number of nitrogens with zero attached hydrogens (tertiary/aromatic N) is 2. The van der Waals surface area contributed by atoms with Crippen molar-refractivity contribution >= 4 is 46.2 Å². The summed E-state index contributed by atoms with van der Waals surface area (Å²) < 4.78 is 5.69. The number of hydrogen-bond acceptors (Lipinski definition) is 6. The van der Waals surface area contributed by atoms with Crippen LogP contribution in [-0.4, -0.2) is 27.9 Å². The second-order valence-electron chi connectivity index (χ2n) is 6.17. The summed E-state index contributed by atoms with van der Waals surface area (Å²) in [5.41, 5.74) is 3.60. The number of rotatable bonds is 9. The largest absolute Gasteiger partial charge is 0.431 e. The molecule has 142 valence electrons. The molecule has 0 spiro atoms. The number of aryl methyl sites for hydroxylation is 1. The van der Waals surface area contributed by atoms with E-state index in [4.69, 9.17) is 4.42 Å². The van der Waals surface area contributed by atoms with E-state index in [-0.39, 0.29) is 5.91 Å². The molecule has 0 saturated heterocycles. The summed E-state index contributed by atoms with van der Waals surface area (Å²) in [6.07, 6.45) is 7.15. The molecule has 1 N–H and O–H groups in total. The van der Waals surface area contributed by atoms with E-state index in [9.17, 15) is 4.79 Å². The minimum atomic E-state index is 0.0491. The molecule has 7 heteroatoms. The molecular formula is C20H23N3O2S2. The number of para-hydroxylation sites is 2. The van der Waals surface area contributed by atoms with Crippen molar-refractivity contribution in [2.45, 2.75) is 42.9 Å². The van der Waals surface area contributed by atoms with Gasteiger partial charge in [0.15, 0.2) is 5.58 Å². The second kappa shape index (κ2) is 9.80. The van der Waals surface area contributed by atoms with Gasteiger partial charge >= 0.3 is 0 Å². The van der Waals surface area contributed by atoms with Crippen LogP contribution in [-0.2, 0) is 4.79 Å². The number of unbranched alkanes of at least 4 members (excludes halogenated alkanes) is 2. The summed E-state index contributed by atoms with van der Waals surface area (Å²) in [6.45, 7) is 1.99. The summed E-state index contributed by atoms with van der Waals surface area (Å²) in [7, 11) is 0. The van der Waals surface area contributed by atoms with Gasteiger partial charge in [-0.2, -0.15) is 0 Å². The van der Waals surface area contributed by atoms with E-state index < -0.39 is 0 Å². The lowest BCUT2D eigenvalue weighted by atomic mass is 10.2. The van der Waals surface area contributed by atoms with Crippen LogP contribution in [0.4, 0.5) is 5.69 Å². The maximum atomic E-state index is 12.2. The Labute approximate surface area is 167 Å². The molecule has 1 amide bonds. The summed E-state index contributed by atoms with van der Waals surface area (Å²) >= 11 is 3.17. The Bertz CT molecular complexity index is 878. The number of carbonyl (C=O) groups excluding carboxylic acids is 1. The van der Waals surface area contributed by atoms with Gasteiger partial charge in [-0.25, -0.2) is 9.97 Å². The number of oxazole rings is 1. The van der Waals surface area contributed by atoms with Crippen molar-refractivity contribution in [1.82, 2.24) is 9.97 Å². The van der Waals surface area contributed by atoms with Crippen molar-refractivity contribution in [3.05, 3.63) is 42.1 Å². The molecule has 0 aliphatic rings. The minimum absolute atomic E-state index is 0.0491. The molecule has 3 rings (SSSR count). The van der Waals surface area contributed by atoms with E-state index in [0.29, 0.717) is 11.6 Å². The van der Waals surface area contributed by atoms with Crippen LogP contribution in [0.5, 0.6) is 0 Å². The number of carbonyl (C=O) groups is 1. The van der Waals surface area contributed by atoms with Gasteiger partial charge in [-0.1, -0.05) is 30.3 Å². The fourth-order valence-electron chi connectivity index (χ4n) is 2.68. The number of pyridine rings is 1. The molecule has 0 atom stereocenters. The van der Waals surface area contributed by atoms with Gasteiger partial charge in [-0.05, 0) is 49.8 Å².